The Kier molecular flexibility index (Phi) is 4.73. The molecule has 0 saturated heterocycles. The first kappa shape index (κ1) is 14.8. The lowest BCUT2D eigenvalue weighted by molar-refractivity contribution is -0.384. The van der Waals surface area contributed by atoms with Crippen molar-refractivity contribution >= 4 is 5.69 Å². The van der Waals surface area contributed by atoms with Crippen molar-refractivity contribution < 1.29 is 19.5 Å². The highest BCUT2D eigenvalue weighted by atomic mass is 16.6. The van der Waals surface area contributed by atoms with E-state index in [1.807, 2.05) is 18.2 Å². The number of benzene rings is 2. The topological polar surface area (TPSA) is 81.8 Å². The number of hydrogen-bond donors (Lipinski definition) is 1. The average molecular weight is 289 g/mol. The van der Waals surface area contributed by atoms with Gasteiger partial charge in [0, 0.05) is 6.07 Å². The third-order valence-electron chi connectivity index (χ3n) is 2.94. The van der Waals surface area contributed by atoms with E-state index in [1.54, 1.807) is 12.1 Å². The van der Waals surface area contributed by atoms with Gasteiger partial charge in [0.05, 0.1) is 18.1 Å². The summed E-state index contributed by atoms with van der Waals surface area (Å²) in [7, 11) is 1.40. The van der Waals surface area contributed by atoms with Gasteiger partial charge in [0.2, 0.25) is 0 Å². The van der Waals surface area contributed by atoms with Crippen LogP contribution in [-0.4, -0.2) is 23.7 Å². The maximum absolute atomic E-state index is 10.7. The lowest BCUT2D eigenvalue weighted by Gasteiger charge is -2.14. The molecule has 110 valence electrons. The Balaban J connectivity index is 2.08. The number of hydrogen-bond acceptors (Lipinski definition) is 5. The van der Waals surface area contributed by atoms with Crippen LogP contribution in [0.15, 0.2) is 48.5 Å². The Morgan fingerprint density at radius 1 is 1.19 bits per heavy atom. The van der Waals surface area contributed by atoms with E-state index in [-0.39, 0.29) is 18.0 Å². The fraction of sp³-hybridized carbons (Fsp3) is 0.200. The van der Waals surface area contributed by atoms with Crippen molar-refractivity contribution in [2.24, 2.45) is 0 Å². The van der Waals surface area contributed by atoms with Gasteiger partial charge in [-0.1, -0.05) is 30.3 Å². The highest BCUT2D eigenvalue weighted by Crippen LogP contribution is 2.31. The Hall–Kier alpha value is -2.60. The lowest BCUT2D eigenvalue weighted by atomic mass is 10.1. The second kappa shape index (κ2) is 6.71. The Morgan fingerprint density at radius 3 is 2.52 bits per heavy atom. The second-order valence-electron chi connectivity index (χ2n) is 4.33. The predicted octanol–water partition coefficient (Wildman–Crippen LogP) is 2.72. The van der Waals surface area contributed by atoms with Gasteiger partial charge < -0.3 is 14.6 Å². The molecule has 2 aromatic rings. The number of methoxy groups -OCH3 is 1. The van der Waals surface area contributed by atoms with Crippen LogP contribution in [0.3, 0.4) is 0 Å². The summed E-state index contributed by atoms with van der Waals surface area (Å²) >= 11 is 0. The Morgan fingerprint density at radius 2 is 1.90 bits per heavy atom. The van der Waals surface area contributed by atoms with Crippen LogP contribution in [0.2, 0.25) is 0 Å². The van der Waals surface area contributed by atoms with Crippen LogP contribution in [0.25, 0.3) is 0 Å². The SMILES string of the molecule is COc1cc([N+](=O)[O-])ccc1OCC(O)c1ccccc1. The molecule has 6 nitrogen and oxygen atoms in total. The lowest BCUT2D eigenvalue weighted by Crippen LogP contribution is -2.10. The number of rotatable bonds is 6. The van der Waals surface area contributed by atoms with Gasteiger partial charge in [-0.2, -0.15) is 0 Å². The fourth-order valence-electron chi connectivity index (χ4n) is 1.83. The summed E-state index contributed by atoms with van der Waals surface area (Å²) in [6, 6.07) is 13.2. The minimum Gasteiger partial charge on any atom is -0.493 e. The Bertz CT molecular complexity index is 615. The van der Waals surface area contributed by atoms with Gasteiger partial charge in [-0.25, -0.2) is 0 Å². The van der Waals surface area contributed by atoms with Gasteiger partial charge in [-0.05, 0) is 11.6 Å². The molecule has 0 heterocycles. The molecule has 0 radical (unpaired) electrons. The molecule has 1 unspecified atom stereocenters. The number of nitro groups is 1. The maximum Gasteiger partial charge on any atom is 0.273 e. The van der Waals surface area contributed by atoms with E-state index >= 15 is 0 Å². The molecule has 0 saturated carbocycles. The van der Waals surface area contributed by atoms with Crippen LogP contribution in [0.4, 0.5) is 5.69 Å². The van der Waals surface area contributed by atoms with Crippen molar-refractivity contribution in [3.63, 3.8) is 0 Å². The molecule has 1 atom stereocenters. The zero-order valence-electron chi connectivity index (χ0n) is 11.4. The van der Waals surface area contributed by atoms with Crippen LogP contribution < -0.4 is 9.47 Å². The third-order valence-corrected chi connectivity index (χ3v) is 2.94. The largest absolute Gasteiger partial charge is 0.493 e. The molecule has 6 heteroatoms. The Labute approximate surface area is 121 Å². The first-order valence-electron chi connectivity index (χ1n) is 6.30. The number of nitrogens with zero attached hydrogens (tertiary/aromatic N) is 1. The smallest absolute Gasteiger partial charge is 0.273 e. The summed E-state index contributed by atoms with van der Waals surface area (Å²) in [5, 5.41) is 20.7. The summed E-state index contributed by atoms with van der Waals surface area (Å²) in [5.41, 5.74) is 0.654. The summed E-state index contributed by atoms with van der Waals surface area (Å²) < 4.78 is 10.5. The zero-order valence-corrected chi connectivity index (χ0v) is 11.4. The summed E-state index contributed by atoms with van der Waals surface area (Å²) in [6.45, 7) is 0.0260. The molecule has 0 amide bonds. The molecule has 0 fully saturated rings. The van der Waals surface area contributed by atoms with Crippen LogP contribution in [0.5, 0.6) is 11.5 Å². The molecule has 0 bridgehead atoms. The van der Waals surface area contributed by atoms with Crippen LogP contribution >= 0.6 is 0 Å². The third kappa shape index (κ3) is 3.70. The molecule has 21 heavy (non-hydrogen) atoms. The molecule has 0 aromatic heterocycles. The number of aliphatic hydroxyl groups excluding tert-OH is 1. The van der Waals surface area contributed by atoms with E-state index in [1.165, 1.54) is 25.3 Å². The number of aliphatic hydroxyl groups is 1. The maximum atomic E-state index is 10.7. The van der Waals surface area contributed by atoms with Crippen molar-refractivity contribution in [1.82, 2.24) is 0 Å². The number of ether oxygens (including phenoxy) is 2. The van der Waals surface area contributed by atoms with Crippen molar-refractivity contribution in [3.05, 3.63) is 64.2 Å². The second-order valence-corrected chi connectivity index (χ2v) is 4.33. The van der Waals surface area contributed by atoms with Gasteiger partial charge in [-0.3, -0.25) is 10.1 Å². The van der Waals surface area contributed by atoms with Crippen LogP contribution in [0.1, 0.15) is 11.7 Å². The van der Waals surface area contributed by atoms with E-state index < -0.39 is 11.0 Å². The molecule has 0 aliphatic carbocycles. The summed E-state index contributed by atoms with van der Waals surface area (Å²) in [4.78, 5) is 10.2. The van der Waals surface area contributed by atoms with E-state index in [0.717, 1.165) is 5.56 Å². The van der Waals surface area contributed by atoms with Crippen molar-refractivity contribution in [2.75, 3.05) is 13.7 Å². The van der Waals surface area contributed by atoms with Gasteiger partial charge in [-0.15, -0.1) is 0 Å². The van der Waals surface area contributed by atoms with Gasteiger partial charge in [0.1, 0.15) is 12.7 Å². The monoisotopic (exact) mass is 289 g/mol. The highest BCUT2D eigenvalue weighted by Gasteiger charge is 2.14. The fourth-order valence-corrected chi connectivity index (χ4v) is 1.83. The van der Waals surface area contributed by atoms with E-state index in [0.29, 0.717) is 5.75 Å². The minimum absolute atomic E-state index is 0.0260. The normalized spacial score (nSPS) is 11.7. The van der Waals surface area contributed by atoms with Gasteiger partial charge in [0.15, 0.2) is 11.5 Å². The molecule has 0 aliphatic rings. The van der Waals surface area contributed by atoms with E-state index in [4.69, 9.17) is 9.47 Å². The zero-order chi connectivity index (χ0) is 15.2. The predicted molar refractivity (Wildman–Crippen MR) is 76.5 cm³/mol. The molecular formula is C15H15NO5. The van der Waals surface area contributed by atoms with Crippen LogP contribution in [-0.2, 0) is 0 Å². The quantitative estimate of drug-likeness (QED) is 0.653. The molecule has 0 spiro atoms. The highest BCUT2D eigenvalue weighted by molar-refractivity contribution is 5.48. The first-order chi connectivity index (χ1) is 10.1. The van der Waals surface area contributed by atoms with Crippen molar-refractivity contribution in [1.29, 1.82) is 0 Å². The minimum atomic E-state index is -0.786. The molecule has 1 N–H and O–H groups in total. The van der Waals surface area contributed by atoms with E-state index in [9.17, 15) is 15.2 Å². The molecule has 2 rings (SSSR count). The molecule has 2 aromatic carbocycles. The summed E-state index contributed by atoms with van der Waals surface area (Å²) in [5.74, 6) is 0.600. The van der Waals surface area contributed by atoms with Crippen molar-refractivity contribution in [2.45, 2.75) is 6.10 Å². The number of non-ortho nitro benzene ring substituents is 1. The molecular weight excluding hydrogens is 274 g/mol. The van der Waals surface area contributed by atoms with Crippen molar-refractivity contribution in [3.8, 4) is 11.5 Å². The first-order valence-corrected chi connectivity index (χ1v) is 6.30. The van der Waals surface area contributed by atoms with Gasteiger partial charge >= 0.3 is 0 Å². The summed E-state index contributed by atoms with van der Waals surface area (Å²) in [6.07, 6.45) is -0.786. The molecule has 0 aliphatic heterocycles. The van der Waals surface area contributed by atoms with E-state index in [2.05, 4.69) is 0 Å². The standard InChI is InChI=1S/C15H15NO5/c1-20-15-9-12(16(18)19)7-8-14(15)21-10-13(17)11-5-3-2-4-6-11/h2-9,13,17H,10H2,1H3. The average Bonchev–Trinajstić information content (AvgIpc) is 2.53. The van der Waals surface area contributed by atoms with Gasteiger partial charge in [0.25, 0.3) is 5.69 Å². The van der Waals surface area contributed by atoms with Crippen LogP contribution in [0, 0.1) is 10.1 Å². The number of nitro benzene ring substituents is 1.